The van der Waals surface area contributed by atoms with Crippen molar-refractivity contribution in [3.63, 3.8) is 0 Å². The zero-order chi connectivity index (χ0) is 11.8. The van der Waals surface area contributed by atoms with Crippen molar-refractivity contribution in [2.45, 2.75) is 38.1 Å². The molecular formula is C12H22N2OS. The molecule has 0 aromatic heterocycles. The number of hydrogen-bond acceptors (Lipinski definition) is 3. The summed E-state index contributed by atoms with van der Waals surface area (Å²) in [7, 11) is 0. The van der Waals surface area contributed by atoms with Crippen molar-refractivity contribution in [3.8, 4) is 0 Å². The summed E-state index contributed by atoms with van der Waals surface area (Å²) in [6.07, 6.45) is 9.75. The number of allylic oxidation sites excluding steroid dienone is 1. The van der Waals surface area contributed by atoms with E-state index in [-0.39, 0.29) is 11.9 Å². The van der Waals surface area contributed by atoms with Gasteiger partial charge in [-0.25, -0.2) is 0 Å². The molecule has 92 valence electrons. The van der Waals surface area contributed by atoms with Gasteiger partial charge in [0.2, 0.25) is 5.91 Å². The van der Waals surface area contributed by atoms with Gasteiger partial charge in [-0.1, -0.05) is 11.6 Å². The molecule has 0 saturated heterocycles. The number of hydrogen-bond donors (Lipinski definition) is 2. The van der Waals surface area contributed by atoms with Crippen LogP contribution in [0.3, 0.4) is 0 Å². The molecule has 0 heterocycles. The predicted molar refractivity (Wildman–Crippen MR) is 70.5 cm³/mol. The van der Waals surface area contributed by atoms with Gasteiger partial charge < -0.3 is 11.1 Å². The van der Waals surface area contributed by atoms with Gasteiger partial charge in [0, 0.05) is 6.54 Å². The second-order valence-corrected chi connectivity index (χ2v) is 5.17. The topological polar surface area (TPSA) is 55.1 Å². The third-order valence-corrected chi connectivity index (χ3v) is 3.49. The lowest BCUT2D eigenvalue weighted by molar-refractivity contribution is -0.122. The Hall–Kier alpha value is -0.480. The first-order chi connectivity index (χ1) is 7.74. The van der Waals surface area contributed by atoms with Gasteiger partial charge in [-0.15, -0.1) is 0 Å². The minimum Gasteiger partial charge on any atom is -0.354 e. The zero-order valence-corrected chi connectivity index (χ0v) is 10.8. The van der Waals surface area contributed by atoms with Gasteiger partial charge in [-0.05, 0) is 44.1 Å². The maximum Gasteiger partial charge on any atom is 0.236 e. The van der Waals surface area contributed by atoms with E-state index in [9.17, 15) is 4.79 Å². The largest absolute Gasteiger partial charge is 0.354 e. The summed E-state index contributed by atoms with van der Waals surface area (Å²) in [6.45, 7) is 0.734. The summed E-state index contributed by atoms with van der Waals surface area (Å²) >= 11 is 1.72. The van der Waals surface area contributed by atoms with Crippen LogP contribution in [0.5, 0.6) is 0 Å². The normalized spacial score (nSPS) is 17.0. The fourth-order valence-corrected chi connectivity index (χ4v) is 2.31. The fourth-order valence-electron chi connectivity index (χ4n) is 1.82. The molecule has 1 amide bonds. The molecule has 0 aromatic carbocycles. The highest BCUT2D eigenvalue weighted by atomic mass is 32.2. The van der Waals surface area contributed by atoms with E-state index in [1.807, 2.05) is 6.26 Å². The molecule has 4 heteroatoms. The Morgan fingerprint density at radius 1 is 1.69 bits per heavy atom. The lowest BCUT2D eigenvalue weighted by atomic mass is 10.1. The Balaban J connectivity index is 2.09. The molecule has 1 atom stereocenters. The lowest BCUT2D eigenvalue weighted by Gasteiger charge is -2.11. The number of nitrogens with two attached hydrogens (primary N) is 1. The second kappa shape index (κ2) is 7.74. The van der Waals surface area contributed by atoms with Crippen molar-refractivity contribution in [1.82, 2.24) is 5.32 Å². The molecule has 0 saturated carbocycles. The molecule has 0 unspecified atom stereocenters. The molecule has 3 nitrogen and oxygen atoms in total. The summed E-state index contributed by atoms with van der Waals surface area (Å²) in [4.78, 5) is 11.6. The van der Waals surface area contributed by atoms with Crippen LogP contribution in [0.4, 0.5) is 0 Å². The lowest BCUT2D eigenvalue weighted by Crippen LogP contribution is -2.41. The van der Waals surface area contributed by atoms with Crippen molar-refractivity contribution in [2.24, 2.45) is 5.73 Å². The molecule has 0 aromatic rings. The van der Waals surface area contributed by atoms with Gasteiger partial charge in [0.25, 0.3) is 0 Å². The monoisotopic (exact) mass is 242 g/mol. The molecule has 1 aliphatic carbocycles. The minimum atomic E-state index is -0.343. The third kappa shape index (κ3) is 5.03. The van der Waals surface area contributed by atoms with Crippen LogP contribution >= 0.6 is 11.8 Å². The highest BCUT2D eigenvalue weighted by molar-refractivity contribution is 7.98. The van der Waals surface area contributed by atoms with Crippen molar-refractivity contribution < 1.29 is 4.79 Å². The molecule has 3 N–H and O–H groups in total. The van der Waals surface area contributed by atoms with Crippen molar-refractivity contribution in [1.29, 1.82) is 0 Å². The van der Waals surface area contributed by atoms with Gasteiger partial charge in [0.1, 0.15) is 0 Å². The Kier molecular flexibility index (Phi) is 6.57. The van der Waals surface area contributed by atoms with Crippen LogP contribution in [0, 0.1) is 0 Å². The van der Waals surface area contributed by atoms with Crippen LogP contribution < -0.4 is 11.1 Å². The summed E-state index contributed by atoms with van der Waals surface area (Å²) in [5.74, 6) is 0.937. The summed E-state index contributed by atoms with van der Waals surface area (Å²) in [5, 5.41) is 2.90. The molecule has 1 rings (SSSR count). The highest BCUT2D eigenvalue weighted by Gasteiger charge is 2.12. The van der Waals surface area contributed by atoms with Crippen LogP contribution in [-0.2, 0) is 4.79 Å². The van der Waals surface area contributed by atoms with Gasteiger partial charge in [-0.3, -0.25) is 4.79 Å². The number of thioether (sulfide) groups is 1. The highest BCUT2D eigenvalue weighted by Crippen LogP contribution is 2.19. The van der Waals surface area contributed by atoms with Crippen LogP contribution in [0.2, 0.25) is 0 Å². The molecular weight excluding hydrogens is 220 g/mol. The Morgan fingerprint density at radius 3 is 3.12 bits per heavy atom. The number of nitrogens with one attached hydrogen (secondary N) is 1. The minimum absolute atomic E-state index is 0.00681. The second-order valence-electron chi connectivity index (χ2n) is 4.18. The van der Waals surface area contributed by atoms with Gasteiger partial charge in [0.15, 0.2) is 0 Å². The van der Waals surface area contributed by atoms with Gasteiger partial charge in [0.05, 0.1) is 6.04 Å². The van der Waals surface area contributed by atoms with Crippen LogP contribution in [-0.4, -0.2) is 30.5 Å². The third-order valence-electron chi connectivity index (χ3n) is 2.85. The quantitative estimate of drug-likeness (QED) is 0.668. The zero-order valence-electron chi connectivity index (χ0n) is 10.00. The molecule has 16 heavy (non-hydrogen) atoms. The average Bonchev–Trinajstić information content (AvgIpc) is 2.78. The van der Waals surface area contributed by atoms with E-state index in [1.54, 1.807) is 11.8 Å². The first-order valence-electron chi connectivity index (χ1n) is 5.94. The van der Waals surface area contributed by atoms with Crippen LogP contribution in [0.15, 0.2) is 11.6 Å². The summed E-state index contributed by atoms with van der Waals surface area (Å²) in [5.41, 5.74) is 7.24. The molecule has 0 bridgehead atoms. The number of rotatable bonds is 7. The van der Waals surface area contributed by atoms with Crippen molar-refractivity contribution in [2.75, 3.05) is 18.6 Å². The standard InChI is InChI=1S/C12H22N2OS/c1-16-9-7-11(13)12(15)14-8-6-10-4-2-3-5-10/h4,11H,2-3,5-9,13H2,1H3,(H,14,15)/t11-/m1/s1. The Morgan fingerprint density at radius 2 is 2.50 bits per heavy atom. The maximum absolute atomic E-state index is 11.6. The first-order valence-corrected chi connectivity index (χ1v) is 7.33. The van der Waals surface area contributed by atoms with E-state index >= 15 is 0 Å². The van der Waals surface area contributed by atoms with Gasteiger partial charge >= 0.3 is 0 Å². The maximum atomic E-state index is 11.6. The summed E-state index contributed by atoms with van der Waals surface area (Å²) < 4.78 is 0. The van der Waals surface area contributed by atoms with Gasteiger partial charge in [-0.2, -0.15) is 11.8 Å². The number of carbonyl (C=O) groups excluding carboxylic acids is 1. The van der Waals surface area contributed by atoms with E-state index in [4.69, 9.17) is 5.73 Å². The smallest absolute Gasteiger partial charge is 0.236 e. The Bertz CT molecular complexity index is 253. The molecule has 1 aliphatic rings. The van der Waals surface area contributed by atoms with Crippen LogP contribution in [0.1, 0.15) is 32.1 Å². The number of amides is 1. The van der Waals surface area contributed by atoms with E-state index in [1.165, 1.54) is 24.8 Å². The predicted octanol–water partition coefficient (Wildman–Crippen LogP) is 1.68. The molecule has 0 spiro atoms. The first kappa shape index (κ1) is 13.6. The van der Waals surface area contributed by atoms with E-state index in [2.05, 4.69) is 11.4 Å². The van der Waals surface area contributed by atoms with Crippen LogP contribution in [0.25, 0.3) is 0 Å². The van der Waals surface area contributed by atoms with Crippen molar-refractivity contribution in [3.05, 3.63) is 11.6 Å². The average molecular weight is 242 g/mol. The molecule has 0 radical (unpaired) electrons. The van der Waals surface area contributed by atoms with E-state index in [0.29, 0.717) is 0 Å². The fraction of sp³-hybridized carbons (Fsp3) is 0.750. The van der Waals surface area contributed by atoms with E-state index in [0.717, 1.165) is 25.1 Å². The summed E-state index contributed by atoms with van der Waals surface area (Å²) in [6, 6.07) is -0.343. The molecule has 0 fully saturated rings. The SMILES string of the molecule is CSCC[C@@H](N)C(=O)NCCC1=CCCC1. The Labute approximate surface area is 102 Å². The molecule has 0 aliphatic heterocycles. The number of carbonyl (C=O) groups is 1. The van der Waals surface area contributed by atoms with Crippen molar-refractivity contribution >= 4 is 17.7 Å². The van der Waals surface area contributed by atoms with E-state index < -0.39 is 0 Å².